The molecular weight excluding hydrogens is 254 g/mol. The Hall–Kier alpha value is -2.29. The molecule has 0 fully saturated rings. The zero-order valence-electron chi connectivity index (χ0n) is 9.49. The van der Waals surface area contributed by atoms with Crippen molar-refractivity contribution >= 4 is 29.2 Å². The van der Waals surface area contributed by atoms with Crippen LogP contribution < -0.4 is 21.9 Å². The third-order valence-electron chi connectivity index (χ3n) is 1.94. The highest BCUT2D eigenvalue weighted by Gasteiger charge is 2.13. The lowest BCUT2D eigenvalue weighted by Gasteiger charge is -2.07. The molecule has 0 amide bonds. The average molecular weight is 265 g/mol. The van der Waals surface area contributed by atoms with Gasteiger partial charge >= 0.3 is 0 Å². The van der Waals surface area contributed by atoms with Gasteiger partial charge in [-0.05, 0) is 11.8 Å². The Labute approximate surface area is 107 Å². The summed E-state index contributed by atoms with van der Waals surface area (Å²) in [5.41, 5.74) is 16.8. The average Bonchev–Trinajstić information content (AvgIpc) is 2.27. The van der Waals surface area contributed by atoms with E-state index in [0.717, 1.165) is 11.8 Å². The second-order valence-corrected chi connectivity index (χ2v) is 4.16. The Morgan fingerprint density at radius 2 is 1.78 bits per heavy atom. The smallest absolute Gasteiger partial charge is 0.197 e. The SMILES string of the molecule is COc1c(N)ncnc1Sc1nc(N)cc(N)n1. The monoisotopic (exact) mass is 265 g/mol. The summed E-state index contributed by atoms with van der Waals surface area (Å²) in [5.74, 6) is 1.18. The maximum atomic E-state index is 5.67. The Bertz CT molecular complexity index is 557. The van der Waals surface area contributed by atoms with Gasteiger partial charge in [0.05, 0.1) is 7.11 Å². The van der Waals surface area contributed by atoms with Gasteiger partial charge in [0.25, 0.3) is 0 Å². The minimum Gasteiger partial charge on any atom is -0.490 e. The van der Waals surface area contributed by atoms with Gasteiger partial charge in [0.1, 0.15) is 18.0 Å². The first kappa shape index (κ1) is 12.2. The topological polar surface area (TPSA) is 139 Å². The van der Waals surface area contributed by atoms with Gasteiger partial charge < -0.3 is 21.9 Å². The fourth-order valence-electron chi connectivity index (χ4n) is 1.23. The number of methoxy groups -OCH3 is 1. The van der Waals surface area contributed by atoms with Crippen LogP contribution in [-0.4, -0.2) is 27.0 Å². The number of rotatable bonds is 3. The van der Waals surface area contributed by atoms with E-state index in [1.807, 2.05) is 0 Å². The van der Waals surface area contributed by atoms with E-state index >= 15 is 0 Å². The van der Waals surface area contributed by atoms with E-state index in [1.165, 1.54) is 19.5 Å². The number of ether oxygens (including phenoxy) is 1. The highest BCUT2D eigenvalue weighted by atomic mass is 32.2. The van der Waals surface area contributed by atoms with Crippen LogP contribution in [0.4, 0.5) is 17.5 Å². The van der Waals surface area contributed by atoms with Crippen molar-refractivity contribution in [2.75, 3.05) is 24.3 Å². The summed E-state index contributed by atoms with van der Waals surface area (Å²) < 4.78 is 5.12. The van der Waals surface area contributed by atoms with Crippen LogP contribution in [0.1, 0.15) is 0 Å². The molecule has 0 aliphatic carbocycles. The van der Waals surface area contributed by atoms with Crippen LogP contribution in [-0.2, 0) is 0 Å². The highest BCUT2D eigenvalue weighted by Crippen LogP contribution is 2.34. The van der Waals surface area contributed by atoms with Gasteiger partial charge in [-0.1, -0.05) is 0 Å². The molecule has 2 rings (SSSR count). The van der Waals surface area contributed by atoms with Crippen LogP contribution in [0.3, 0.4) is 0 Å². The van der Waals surface area contributed by atoms with Gasteiger partial charge in [-0.3, -0.25) is 0 Å². The maximum Gasteiger partial charge on any atom is 0.197 e. The fourth-order valence-corrected chi connectivity index (χ4v) is 2.08. The minimum atomic E-state index is 0.242. The van der Waals surface area contributed by atoms with Crippen LogP contribution in [0.15, 0.2) is 22.6 Å². The number of hydrogen-bond acceptors (Lipinski definition) is 9. The highest BCUT2D eigenvalue weighted by molar-refractivity contribution is 7.99. The van der Waals surface area contributed by atoms with E-state index < -0.39 is 0 Å². The zero-order valence-corrected chi connectivity index (χ0v) is 10.3. The minimum absolute atomic E-state index is 0.242. The first-order valence-electron chi connectivity index (χ1n) is 4.82. The van der Waals surface area contributed by atoms with Crippen LogP contribution in [0.2, 0.25) is 0 Å². The summed E-state index contributed by atoms with van der Waals surface area (Å²) in [4.78, 5) is 15.9. The summed E-state index contributed by atoms with van der Waals surface area (Å²) in [5, 5.41) is 0.860. The first-order chi connectivity index (χ1) is 8.60. The standard InChI is InChI=1S/C9H11N7OS/c1-17-6-7(12)13-3-14-8(6)18-9-15-4(10)2-5(11)16-9/h2-3H,1H3,(H2,12,13,14)(H4,10,11,15,16). The summed E-state index contributed by atoms with van der Waals surface area (Å²) in [6, 6.07) is 1.47. The molecule has 0 radical (unpaired) electrons. The normalized spacial score (nSPS) is 10.3. The number of nitrogen functional groups attached to an aromatic ring is 3. The molecule has 0 atom stereocenters. The van der Waals surface area contributed by atoms with Crippen LogP contribution in [0.5, 0.6) is 5.75 Å². The molecule has 0 bridgehead atoms. The molecule has 94 valence electrons. The second-order valence-electron chi connectivity index (χ2n) is 3.20. The van der Waals surface area contributed by atoms with Gasteiger partial charge in [-0.15, -0.1) is 0 Å². The Morgan fingerprint density at radius 1 is 1.11 bits per heavy atom. The van der Waals surface area contributed by atoms with Crippen LogP contribution in [0, 0.1) is 0 Å². The predicted octanol–water partition coefficient (Wildman–Crippen LogP) is 0.173. The molecule has 0 saturated carbocycles. The lowest BCUT2D eigenvalue weighted by molar-refractivity contribution is 0.401. The van der Waals surface area contributed by atoms with Crippen molar-refractivity contribution < 1.29 is 4.74 Å². The molecule has 0 aliphatic heterocycles. The van der Waals surface area contributed by atoms with E-state index in [-0.39, 0.29) is 17.5 Å². The van der Waals surface area contributed by atoms with Crippen molar-refractivity contribution in [2.24, 2.45) is 0 Å². The van der Waals surface area contributed by atoms with Crippen molar-refractivity contribution in [2.45, 2.75) is 10.2 Å². The largest absolute Gasteiger partial charge is 0.490 e. The molecule has 0 aliphatic rings. The number of aromatic nitrogens is 4. The lowest BCUT2D eigenvalue weighted by Crippen LogP contribution is -2.01. The van der Waals surface area contributed by atoms with Crippen molar-refractivity contribution in [1.29, 1.82) is 0 Å². The molecule has 2 aromatic heterocycles. The zero-order chi connectivity index (χ0) is 13.1. The van der Waals surface area contributed by atoms with Gasteiger partial charge in [-0.25, -0.2) is 19.9 Å². The number of hydrogen-bond donors (Lipinski definition) is 3. The summed E-state index contributed by atoms with van der Waals surface area (Å²) in [6.07, 6.45) is 1.33. The molecule has 8 nitrogen and oxygen atoms in total. The van der Waals surface area contributed by atoms with Crippen molar-refractivity contribution in [3.63, 3.8) is 0 Å². The summed E-state index contributed by atoms with van der Waals surface area (Å²) >= 11 is 1.14. The molecule has 0 spiro atoms. The van der Waals surface area contributed by atoms with Gasteiger partial charge in [0.15, 0.2) is 21.7 Å². The maximum absolute atomic E-state index is 5.67. The van der Waals surface area contributed by atoms with Crippen molar-refractivity contribution in [3.8, 4) is 5.75 Å². The van der Waals surface area contributed by atoms with Gasteiger partial charge in [0.2, 0.25) is 0 Å². The molecule has 18 heavy (non-hydrogen) atoms. The quantitative estimate of drug-likeness (QED) is 0.523. The summed E-state index contributed by atoms with van der Waals surface area (Å²) in [7, 11) is 1.48. The van der Waals surface area contributed by atoms with E-state index in [0.29, 0.717) is 15.9 Å². The number of anilines is 3. The summed E-state index contributed by atoms with van der Waals surface area (Å²) in [6.45, 7) is 0. The van der Waals surface area contributed by atoms with E-state index in [2.05, 4.69) is 19.9 Å². The van der Waals surface area contributed by atoms with Gasteiger partial charge in [-0.2, -0.15) is 0 Å². The van der Waals surface area contributed by atoms with Crippen LogP contribution in [0.25, 0.3) is 0 Å². The Morgan fingerprint density at radius 3 is 2.39 bits per heavy atom. The fraction of sp³-hybridized carbons (Fsp3) is 0.111. The molecule has 0 unspecified atom stereocenters. The van der Waals surface area contributed by atoms with Gasteiger partial charge in [0, 0.05) is 6.07 Å². The lowest BCUT2D eigenvalue weighted by atomic mass is 10.5. The Kier molecular flexibility index (Phi) is 3.33. The molecule has 6 N–H and O–H groups in total. The molecular formula is C9H11N7OS. The predicted molar refractivity (Wildman–Crippen MR) is 68.0 cm³/mol. The van der Waals surface area contributed by atoms with Crippen LogP contribution >= 0.6 is 11.8 Å². The van der Waals surface area contributed by atoms with E-state index in [9.17, 15) is 0 Å². The van der Waals surface area contributed by atoms with E-state index in [4.69, 9.17) is 21.9 Å². The molecule has 2 aromatic rings. The molecule has 2 heterocycles. The number of nitrogens with zero attached hydrogens (tertiary/aromatic N) is 4. The molecule has 0 aromatic carbocycles. The third-order valence-corrected chi connectivity index (χ3v) is 2.79. The van der Waals surface area contributed by atoms with E-state index in [1.54, 1.807) is 0 Å². The molecule has 0 saturated heterocycles. The second kappa shape index (κ2) is 4.92. The first-order valence-corrected chi connectivity index (χ1v) is 5.64. The molecule has 9 heteroatoms. The third kappa shape index (κ3) is 2.51. The van der Waals surface area contributed by atoms with Crippen molar-refractivity contribution in [3.05, 3.63) is 12.4 Å². The Balaban J connectivity index is 2.36. The van der Waals surface area contributed by atoms with Crippen molar-refractivity contribution in [1.82, 2.24) is 19.9 Å². The number of nitrogens with two attached hydrogens (primary N) is 3.